The van der Waals surface area contributed by atoms with E-state index in [1.165, 1.54) is 12.1 Å². The van der Waals surface area contributed by atoms with Crippen LogP contribution < -0.4 is 0 Å². The van der Waals surface area contributed by atoms with Crippen LogP contribution in [0.1, 0.15) is 5.56 Å². The summed E-state index contributed by atoms with van der Waals surface area (Å²) in [7, 11) is 0. The second-order valence-electron chi connectivity index (χ2n) is 3.89. The van der Waals surface area contributed by atoms with Gasteiger partial charge in [0, 0.05) is 5.02 Å². The Labute approximate surface area is 109 Å². The molecule has 92 valence electrons. The third-order valence-electron chi connectivity index (χ3n) is 2.55. The molecule has 0 aliphatic heterocycles. The van der Waals surface area contributed by atoms with Crippen molar-refractivity contribution in [3.8, 4) is 11.1 Å². The van der Waals surface area contributed by atoms with Crippen molar-refractivity contribution in [1.82, 2.24) is 0 Å². The van der Waals surface area contributed by atoms with E-state index >= 15 is 0 Å². The number of rotatable bonds is 3. The molecule has 2 rings (SSSR count). The van der Waals surface area contributed by atoms with E-state index in [0.29, 0.717) is 16.1 Å². The summed E-state index contributed by atoms with van der Waals surface area (Å²) in [6, 6.07) is 11.2. The molecule has 0 saturated carbocycles. The molecule has 0 unspecified atom stereocenters. The first kappa shape index (κ1) is 12.6. The van der Waals surface area contributed by atoms with Crippen molar-refractivity contribution in [2.45, 2.75) is 6.42 Å². The maximum Gasteiger partial charge on any atom is 0.307 e. The van der Waals surface area contributed by atoms with E-state index in [2.05, 4.69) is 0 Å². The van der Waals surface area contributed by atoms with Gasteiger partial charge in [-0.3, -0.25) is 4.79 Å². The minimum atomic E-state index is -0.951. The Morgan fingerprint density at radius 3 is 2.56 bits per heavy atom. The van der Waals surface area contributed by atoms with Crippen LogP contribution in [-0.2, 0) is 11.2 Å². The summed E-state index contributed by atoms with van der Waals surface area (Å²) in [4.78, 5) is 10.7. The van der Waals surface area contributed by atoms with Gasteiger partial charge in [-0.25, -0.2) is 4.39 Å². The molecule has 4 heteroatoms. The lowest BCUT2D eigenvalue weighted by molar-refractivity contribution is -0.136. The summed E-state index contributed by atoms with van der Waals surface area (Å²) in [6.07, 6.45) is -0.151. The summed E-state index contributed by atoms with van der Waals surface area (Å²) >= 11 is 5.92. The molecular formula is C14H10ClFO2. The molecule has 2 aromatic rings. The van der Waals surface area contributed by atoms with E-state index in [-0.39, 0.29) is 12.2 Å². The number of hydrogen-bond acceptors (Lipinski definition) is 1. The molecule has 18 heavy (non-hydrogen) atoms. The summed E-state index contributed by atoms with van der Waals surface area (Å²) in [5.74, 6) is -1.28. The molecule has 0 saturated heterocycles. The third-order valence-corrected chi connectivity index (χ3v) is 2.91. The van der Waals surface area contributed by atoms with Crippen LogP contribution in [0.2, 0.25) is 5.02 Å². The molecule has 0 radical (unpaired) electrons. The van der Waals surface area contributed by atoms with Crippen molar-refractivity contribution in [2.75, 3.05) is 0 Å². The molecule has 0 spiro atoms. The molecule has 0 atom stereocenters. The highest BCUT2D eigenvalue weighted by Gasteiger charge is 2.08. The van der Waals surface area contributed by atoms with E-state index in [0.717, 1.165) is 5.56 Å². The summed E-state index contributed by atoms with van der Waals surface area (Å²) < 4.78 is 13.1. The Bertz CT molecular complexity index is 596. The lowest BCUT2D eigenvalue weighted by atomic mass is 10.0. The van der Waals surface area contributed by atoms with Gasteiger partial charge in [-0.15, -0.1) is 0 Å². The lowest BCUT2D eigenvalue weighted by Gasteiger charge is -2.06. The second-order valence-corrected chi connectivity index (χ2v) is 4.29. The fraction of sp³-hybridized carbons (Fsp3) is 0.0714. The monoisotopic (exact) mass is 264 g/mol. The first-order chi connectivity index (χ1) is 8.56. The normalized spacial score (nSPS) is 10.3. The second kappa shape index (κ2) is 5.19. The van der Waals surface area contributed by atoms with Crippen molar-refractivity contribution >= 4 is 17.6 Å². The maximum absolute atomic E-state index is 13.1. The average molecular weight is 265 g/mol. The standard InChI is InChI=1S/C14H10ClFO2/c15-13-5-4-10(6-11(13)8-14(17)18)9-2-1-3-12(16)7-9/h1-7H,8H2,(H,17,18). The van der Waals surface area contributed by atoms with Gasteiger partial charge in [-0.2, -0.15) is 0 Å². The Hall–Kier alpha value is -1.87. The predicted octanol–water partition coefficient (Wildman–Crippen LogP) is 3.77. The van der Waals surface area contributed by atoms with Crippen molar-refractivity contribution in [2.24, 2.45) is 0 Å². The zero-order chi connectivity index (χ0) is 13.1. The number of carboxylic acids is 1. The molecule has 0 fully saturated rings. The van der Waals surface area contributed by atoms with Crippen LogP contribution in [0, 0.1) is 5.82 Å². The van der Waals surface area contributed by atoms with E-state index in [4.69, 9.17) is 16.7 Å². The van der Waals surface area contributed by atoms with Gasteiger partial charge in [0.15, 0.2) is 0 Å². The molecule has 0 aromatic heterocycles. The van der Waals surface area contributed by atoms with Crippen LogP contribution in [-0.4, -0.2) is 11.1 Å². The summed E-state index contributed by atoms with van der Waals surface area (Å²) in [5.41, 5.74) is 1.96. The van der Waals surface area contributed by atoms with Gasteiger partial charge in [0.1, 0.15) is 5.82 Å². The highest BCUT2D eigenvalue weighted by Crippen LogP contribution is 2.26. The third kappa shape index (κ3) is 2.87. The molecule has 0 heterocycles. The zero-order valence-electron chi connectivity index (χ0n) is 9.36. The molecule has 2 nitrogen and oxygen atoms in total. The van der Waals surface area contributed by atoms with Crippen LogP contribution in [0.3, 0.4) is 0 Å². The highest BCUT2D eigenvalue weighted by molar-refractivity contribution is 6.31. The number of carboxylic acid groups (broad SMARTS) is 1. The van der Waals surface area contributed by atoms with E-state index in [1.807, 2.05) is 0 Å². The fourth-order valence-corrected chi connectivity index (χ4v) is 1.91. The first-order valence-electron chi connectivity index (χ1n) is 5.32. The maximum atomic E-state index is 13.1. The van der Waals surface area contributed by atoms with Crippen LogP contribution in [0.5, 0.6) is 0 Å². The number of aliphatic carboxylic acids is 1. The SMILES string of the molecule is O=C(O)Cc1cc(-c2cccc(F)c2)ccc1Cl. The Kier molecular flexibility index (Phi) is 3.63. The van der Waals surface area contributed by atoms with Crippen LogP contribution in [0.15, 0.2) is 42.5 Å². The molecule has 0 bridgehead atoms. The Morgan fingerprint density at radius 2 is 1.89 bits per heavy atom. The van der Waals surface area contributed by atoms with Gasteiger partial charge in [0.2, 0.25) is 0 Å². The largest absolute Gasteiger partial charge is 0.481 e. The van der Waals surface area contributed by atoms with Gasteiger partial charge in [-0.05, 0) is 41.0 Å². The lowest BCUT2D eigenvalue weighted by Crippen LogP contribution is -2.00. The van der Waals surface area contributed by atoms with Gasteiger partial charge in [0.25, 0.3) is 0 Å². The number of halogens is 2. The Balaban J connectivity index is 2.43. The van der Waals surface area contributed by atoms with Crippen molar-refractivity contribution < 1.29 is 14.3 Å². The highest BCUT2D eigenvalue weighted by atomic mass is 35.5. The molecule has 0 aliphatic rings. The van der Waals surface area contributed by atoms with Gasteiger partial charge >= 0.3 is 5.97 Å². The average Bonchev–Trinajstić information content (AvgIpc) is 2.31. The molecule has 0 aliphatic carbocycles. The van der Waals surface area contributed by atoms with Crippen LogP contribution in [0.4, 0.5) is 4.39 Å². The van der Waals surface area contributed by atoms with Crippen LogP contribution in [0.25, 0.3) is 11.1 Å². The fourth-order valence-electron chi connectivity index (χ4n) is 1.72. The number of carbonyl (C=O) groups is 1. The Morgan fingerprint density at radius 1 is 1.17 bits per heavy atom. The topological polar surface area (TPSA) is 37.3 Å². The van der Waals surface area contributed by atoms with E-state index < -0.39 is 5.97 Å². The quantitative estimate of drug-likeness (QED) is 0.916. The summed E-state index contributed by atoms with van der Waals surface area (Å²) in [6.45, 7) is 0. The van der Waals surface area contributed by atoms with E-state index in [9.17, 15) is 9.18 Å². The minimum Gasteiger partial charge on any atom is -0.481 e. The van der Waals surface area contributed by atoms with E-state index in [1.54, 1.807) is 30.3 Å². The van der Waals surface area contributed by atoms with Gasteiger partial charge < -0.3 is 5.11 Å². The predicted molar refractivity (Wildman–Crippen MR) is 68.2 cm³/mol. The van der Waals surface area contributed by atoms with Crippen molar-refractivity contribution in [3.05, 3.63) is 58.9 Å². The van der Waals surface area contributed by atoms with Crippen LogP contribution >= 0.6 is 11.6 Å². The molecular weight excluding hydrogens is 255 g/mol. The minimum absolute atomic E-state index is 0.151. The molecule has 0 amide bonds. The zero-order valence-corrected chi connectivity index (χ0v) is 10.1. The first-order valence-corrected chi connectivity index (χ1v) is 5.70. The van der Waals surface area contributed by atoms with Gasteiger partial charge in [0.05, 0.1) is 6.42 Å². The van der Waals surface area contributed by atoms with Gasteiger partial charge in [-0.1, -0.05) is 29.8 Å². The number of benzene rings is 2. The number of hydrogen-bond donors (Lipinski definition) is 1. The molecule has 2 aromatic carbocycles. The smallest absolute Gasteiger partial charge is 0.307 e. The van der Waals surface area contributed by atoms with Crippen molar-refractivity contribution in [1.29, 1.82) is 0 Å². The van der Waals surface area contributed by atoms with Crippen molar-refractivity contribution in [3.63, 3.8) is 0 Å². The summed E-state index contributed by atoms with van der Waals surface area (Å²) in [5, 5.41) is 9.18. The molecule has 1 N–H and O–H groups in total.